The molecule has 0 saturated carbocycles. The zero-order valence-corrected chi connectivity index (χ0v) is 14.4. The van der Waals surface area contributed by atoms with Crippen LogP contribution in [0.4, 0.5) is 15.8 Å². The monoisotopic (exact) mass is 374 g/mol. The topological polar surface area (TPSA) is 102 Å². The molecule has 2 rings (SSSR count). The van der Waals surface area contributed by atoms with Gasteiger partial charge in [-0.05, 0) is 36.4 Å². The van der Waals surface area contributed by atoms with Crippen molar-refractivity contribution in [2.45, 2.75) is 4.90 Å². The van der Waals surface area contributed by atoms with E-state index in [0.29, 0.717) is 0 Å². The minimum atomic E-state index is -3.91. The van der Waals surface area contributed by atoms with E-state index < -0.39 is 25.9 Å². The Kier molecular flexibility index (Phi) is 4.99. The first-order valence-corrected chi connectivity index (χ1v) is 9.92. The van der Waals surface area contributed by atoms with E-state index in [4.69, 9.17) is 4.74 Å². The van der Waals surface area contributed by atoms with E-state index in [1.807, 2.05) is 0 Å². The Labute approximate surface area is 139 Å². The van der Waals surface area contributed by atoms with Gasteiger partial charge < -0.3 is 4.74 Å². The van der Waals surface area contributed by atoms with Gasteiger partial charge >= 0.3 is 0 Å². The van der Waals surface area contributed by atoms with Gasteiger partial charge in [0.05, 0.1) is 29.6 Å². The third-order valence-corrected chi connectivity index (χ3v) is 4.86. The highest BCUT2D eigenvalue weighted by Gasteiger charge is 2.16. The summed E-state index contributed by atoms with van der Waals surface area (Å²) in [6.45, 7) is 0. The summed E-state index contributed by atoms with van der Waals surface area (Å²) in [4.78, 5) is -0.110. The molecule has 24 heavy (non-hydrogen) atoms. The second kappa shape index (κ2) is 6.65. The highest BCUT2D eigenvalue weighted by molar-refractivity contribution is 7.92. The summed E-state index contributed by atoms with van der Waals surface area (Å²) >= 11 is 0. The quantitative estimate of drug-likeness (QED) is 0.805. The molecule has 7 nitrogen and oxygen atoms in total. The molecule has 0 aliphatic rings. The van der Waals surface area contributed by atoms with Gasteiger partial charge in [-0.2, -0.15) is 0 Å². The lowest BCUT2D eigenvalue weighted by Gasteiger charge is -2.13. The highest BCUT2D eigenvalue weighted by atomic mass is 32.2. The van der Waals surface area contributed by atoms with Gasteiger partial charge in [0.25, 0.3) is 10.0 Å². The number of hydrogen-bond acceptors (Lipinski definition) is 5. The maximum Gasteiger partial charge on any atom is 0.261 e. The van der Waals surface area contributed by atoms with E-state index in [0.717, 1.165) is 30.5 Å². The van der Waals surface area contributed by atoms with Crippen LogP contribution in [-0.4, -0.2) is 30.2 Å². The molecule has 0 atom stereocenters. The van der Waals surface area contributed by atoms with Crippen molar-refractivity contribution < 1.29 is 26.0 Å². The number of benzene rings is 2. The molecule has 2 aromatic carbocycles. The molecule has 2 N–H and O–H groups in total. The molecule has 0 spiro atoms. The maximum absolute atomic E-state index is 12.9. The summed E-state index contributed by atoms with van der Waals surface area (Å²) < 4.78 is 69.6. The van der Waals surface area contributed by atoms with Gasteiger partial charge in [-0.15, -0.1) is 0 Å². The molecule has 130 valence electrons. The van der Waals surface area contributed by atoms with Crippen molar-refractivity contribution in [1.29, 1.82) is 0 Å². The Bertz CT molecular complexity index is 942. The van der Waals surface area contributed by atoms with Crippen LogP contribution in [0.3, 0.4) is 0 Å². The maximum atomic E-state index is 12.9. The first-order chi connectivity index (χ1) is 11.1. The van der Waals surface area contributed by atoms with E-state index in [1.54, 1.807) is 0 Å². The molecule has 10 heteroatoms. The standard InChI is InChI=1S/C14H15FN2O5S2/c1-22-14-9-11(5-8-13(14)17-23(2,18)19)16-24(20,21)12-6-3-10(15)4-7-12/h3-9,16-17H,1-2H3. The van der Waals surface area contributed by atoms with E-state index in [9.17, 15) is 21.2 Å². The molecular formula is C14H15FN2O5S2. The number of methoxy groups -OCH3 is 1. The Morgan fingerprint density at radius 1 is 0.958 bits per heavy atom. The van der Waals surface area contributed by atoms with Crippen molar-refractivity contribution in [2.24, 2.45) is 0 Å². The van der Waals surface area contributed by atoms with Crippen molar-refractivity contribution in [3.05, 3.63) is 48.3 Å². The van der Waals surface area contributed by atoms with Gasteiger partial charge in [-0.1, -0.05) is 0 Å². The molecule has 0 aliphatic heterocycles. The largest absolute Gasteiger partial charge is 0.494 e. The van der Waals surface area contributed by atoms with E-state index >= 15 is 0 Å². The van der Waals surface area contributed by atoms with Crippen LogP contribution in [0.5, 0.6) is 5.75 Å². The molecule has 2 aromatic rings. The Morgan fingerprint density at radius 2 is 1.58 bits per heavy atom. The third-order valence-electron chi connectivity index (χ3n) is 2.87. The van der Waals surface area contributed by atoms with Crippen LogP contribution in [0.15, 0.2) is 47.4 Å². The number of ether oxygens (including phenoxy) is 1. The van der Waals surface area contributed by atoms with Gasteiger partial charge in [-0.3, -0.25) is 9.44 Å². The van der Waals surface area contributed by atoms with Crippen LogP contribution in [0.2, 0.25) is 0 Å². The van der Waals surface area contributed by atoms with Crippen molar-refractivity contribution in [2.75, 3.05) is 22.8 Å². The van der Waals surface area contributed by atoms with Crippen molar-refractivity contribution in [3.8, 4) is 5.75 Å². The van der Waals surface area contributed by atoms with Crippen LogP contribution < -0.4 is 14.2 Å². The Balaban J connectivity index is 2.31. The Hall–Kier alpha value is -2.33. The van der Waals surface area contributed by atoms with Gasteiger partial charge in [0.2, 0.25) is 10.0 Å². The fraction of sp³-hybridized carbons (Fsp3) is 0.143. The molecular weight excluding hydrogens is 359 g/mol. The minimum Gasteiger partial charge on any atom is -0.494 e. The summed E-state index contributed by atoms with van der Waals surface area (Å²) in [5.41, 5.74) is 0.333. The smallest absolute Gasteiger partial charge is 0.261 e. The van der Waals surface area contributed by atoms with Crippen molar-refractivity contribution in [1.82, 2.24) is 0 Å². The number of hydrogen-bond donors (Lipinski definition) is 2. The van der Waals surface area contributed by atoms with E-state index in [-0.39, 0.29) is 22.0 Å². The van der Waals surface area contributed by atoms with Crippen LogP contribution in [0.1, 0.15) is 0 Å². The van der Waals surface area contributed by atoms with Crippen LogP contribution in [0, 0.1) is 5.82 Å². The zero-order valence-electron chi connectivity index (χ0n) is 12.8. The molecule has 0 fully saturated rings. The molecule has 0 aromatic heterocycles. The van der Waals surface area contributed by atoms with Gasteiger partial charge in [0.15, 0.2) is 0 Å². The molecule has 0 amide bonds. The van der Waals surface area contributed by atoms with Crippen molar-refractivity contribution in [3.63, 3.8) is 0 Å². The van der Waals surface area contributed by atoms with Gasteiger partial charge in [0.1, 0.15) is 11.6 Å². The summed E-state index contributed by atoms with van der Waals surface area (Å²) in [5.74, 6) is -0.411. The number of nitrogens with one attached hydrogen (secondary N) is 2. The fourth-order valence-electron chi connectivity index (χ4n) is 1.87. The number of rotatable bonds is 6. The first kappa shape index (κ1) is 18.0. The predicted molar refractivity (Wildman–Crippen MR) is 88.7 cm³/mol. The molecule has 0 heterocycles. The second-order valence-corrected chi connectivity index (χ2v) is 8.28. The van der Waals surface area contributed by atoms with E-state index in [2.05, 4.69) is 9.44 Å². The average Bonchev–Trinajstić information content (AvgIpc) is 2.47. The van der Waals surface area contributed by atoms with Gasteiger partial charge in [0, 0.05) is 6.07 Å². The minimum absolute atomic E-state index is 0.110. The van der Waals surface area contributed by atoms with Gasteiger partial charge in [-0.25, -0.2) is 21.2 Å². The van der Waals surface area contributed by atoms with Crippen LogP contribution >= 0.6 is 0 Å². The fourth-order valence-corrected chi connectivity index (χ4v) is 3.48. The lowest BCUT2D eigenvalue weighted by atomic mass is 10.2. The molecule has 0 aliphatic carbocycles. The predicted octanol–water partition coefficient (Wildman–Crippen LogP) is 2.01. The average molecular weight is 374 g/mol. The summed E-state index contributed by atoms with van der Waals surface area (Å²) in [5, 5.41) is 0. The molecule has 0 radical (unpaired) electrons. The number of halogens is 1. The second-order valence-electron chi connectivity index (χ2n) is 4.85. The first-order valence-electron chi connectivity index (χ1n) is 6.55. The normalized spacial score (nSPS) is 11.8. The van der Waals surface area contributed by atoms with E-state index in [1.165, 1.54) is 25.3 Å². The lowest BCUT2D eigenvalue weighted by molar-refractivity contribution is 0.417. The third kappa shape index (κ3) is 4.59. The molecule has 0 bridgehead atoms. The zero-order chi connectivity index (χ0) is 18.0. The number of sulfonamides is 2. The summed E-state index contributed by atoms with van der Waals surface area (Å²) in [7, 11) is -6.10. The lowest BCUT2D eigenvalue weighted by Crippen LogP contribution is -2.14. The van der Waals surface area contributed by atoms with Crippen LogP contribution in [-0.2, 0) is 20.0 Å². The Morgan fingerprint density at radius 3 is 2.12 bits per heavy atom. The molecule has 0 unspecified atom stereocenters. The SMILES string of the molecule is COc1cc(NS(=O)(=O)c2ccc(F)cc2)ccc1NS(C)(=O)=O. The summed E-state index contributed by atoms with van der Waals surface area (Å²) in [6, 6.07) is 8.40. The van der Waals surface area contributed by atoms with Crippen LogP contribution in [0.25, 0.3) is 0 Å². The molecule has 0 saturated heterocycles. The summed E-state index contributed by atoms with van der Waals surface area (Å²) in [6.07, 6.45) is 0.984. The highest BCUT2D eigenvalue weighted by Crippen LogP contribution is 2.29. The number of anilines is 2. The van der Waals surface area contributed by atoms with Crippen molar-refractivity contribution >= 4 is 31.4 Å².